The second kappa shape index (κ2) is 8.41. The van der Waals surface area contributed by atoms with E-state index in [1.54, 1.807) is 21.9 Å². The van der Waals surface area contributed by atoms with Crippen molar-refractivity contribution in [1.29, 1.82) is 0 Å². The Bertz CT molecular complexity index is 1050. The first kappa shape index (κ1) is 22.1. The molecular formula is C26H31N3O3. The zero-order valence-electron chi connectivity index (χ0n) is 19.2. The van der Waals surface area contributed by atoms with E-state index < -0.39 is 5.66 Å². The monoisotopic (exact) mass is 433 g/mol. The van der Waals surface area contributed by atoms with Gasteiger partial charge in [-0.15, -0.1) is 0 Å². The number of nitrogens with zero attached hydrogens (tertiary/aromatic N) is 2. The first-order valence-corrected chi connectivity index (χ1v) is 11.4. The van der Waals surface area contributed by atoms with Crippen molar-refractivity contribution < 1.29 is 14.4 Å². The molecule has 2 atom stereocenters. The standard InChI is InChI=1S/C26H31N3O3/c1-17(2)19-9-11-20(12-10-19)18(3)27-23(30)14-16-28-25(32)21-7-5-6-8-22(21)29-24(31)13-15-26(28,29)4/h5-12,17-18H,13-16H2,1-4H3,(H,27,30). The lowest BCUT2D eigenvalue weighted by Crippen LogP contribution is -2.62. The van der Waals surface area contributed by atoms with Gasteiger partial charge < -0.3 is 10.2 Å². The topological polar surface area (TPSA) is 69.7 Å². The van der Waals surface area contributed by atoms with Crippen LogP contribution in [0, 0.1) is 0 Å². The van der Waals surface area contributed by atoms with Gasteiger partial charge in [0.05, 0.1) is 17.3 Å². The third kappa shape index (κ3) is 3.78. The number of nitrogens with one attached hydrogen (secondary N) is 1. The Morgan fingerprint density at radius 3 is 2.38 bits per heavy atom. The largest absolute Gasteiger partial charge is 0.350 e. The molecule has 168 valence electrons. The van der Waals surface area contributed by atoms with Crippen molar-refractivity contribution in [2.24, 2.45) is 0 Å². The third-order valence-electron chi connectivity index (χ3n) is 6.79. The van der Waals surface area contributed by atoms with E-state index in [1.165, 1.54) is 5.56 Å². The lowest BCUT2D eigenvalue weighted by Gasteiger charge is -2.48. The number of amides is 3. The van der Waals surface area contributed by atoms with Crippen molar-refractivity contribution in [3.8, 4) is 0 Å². The molecule has 1 fully saturated rings. The minimum Gasteiger partial charge on any atom is -0.350 e. The van der Waals surface area contributed by atoms with Crippen LogP contribution in [0.4, 0.5) is 5.69 Å². The van der Waals surface area contributed by atoms with Crippen LogP contribution in [0.15, 0.2) is 48.5 Å². The summed E-state index contributed by atoms with van der Waals surface area (Å²) in [5, 5.41) is 3.04. The van der Waals surface area contributed by atoms with Crippen molar-refractivity contribution in [3.05, 3.63) is 65.2 Å². The molecule has 0 aliphatic carbocycles. The van der Waals surface area contributed by atoms with Gasteiger partial charge in [0.1, 0.15) is 5.66 Å². The molecule has 2 aromatic carbocycles. The Morgan fingerprint density at radius 2 is 1.69 bits per heavy atom. The Kier molecular flexibility index (Phi) is 5.80. The fourth-order valence-corrected chi connectivity index (χ4v) is 4.82. The molecule has 2 aliphatic heterocycles. The molecule has 32 heavy (non-hydrogen) atoms. The van der Waals surface area contributed by atoms with Gasteiger partial charge in [0.2, 0.25) is 11.8 Å². The second-order valence-electron chi connectivity index (χ2n) is 9.28. The zero-order chi connectivity index (χ0) is 23.0. The number of hydrogen-bond acceptors (Lipinski definition) is 3. The predicted octanol–water partition coefficient (Wildman–Crippen LogP) is 4.38. The molecule has 1 saturated heterocycles. The molecular weight excluding hydrogens is 402 g/mol. The summed E-state index contributed by atoms with van der Waals surface area (Å²) in [5.74, 6) is 0.237. The highest BCUT2D eigenvalue weighted by molar-refractivity contribution is 6.10. The van der Waals surface area contributed by atoms with Gasteiger partial charge in [-0.3, -0.25) is 19.3 Å². The van der Waals surface area contributed by atoms with Gasteiger partial charge in [0.15, 0.2) is 0 Å². The van der Waals surface area contributed by atoms with Crippen LogP contribution < -0.4 is 10.2 Å². The molecule has 4 rings (SSSR count). The van der Waals surface area contributed by atoms with Gasteiger partial charge in [-0.2, -0.15) is 0 Å². The predicted molar refractivity (Wildman–Crippen MR) is 124 cm³/mol. The highest BCUT2D eigenvalue weighted by atomic mass is 16.2. The quantitative estimate of drug-likeness (QED) is 0.735. The lowest BCUT2D eigenvalue weighted by molar-refractivity contribution is -0.122. The highest BCUT2D eigenvalue weighted by Gasteiger charge is 2.52. The SMILES string of the molecule is CC(C)c1ccc(C(C)NC(=O)CCN2C(=O)c3ccccc3N3C(=O)CCC23C)cc1. The first-order valence-electron chi connectivity index (χ1n) is 11.4. The van der Waals surface area contributed by atoms with Gasteiger partial charge in [0.25, 0.3) is 5.91 Å². The molecule has 0 radical (unpaired) electrons. The molecule has 0 bridgehead atoms. The van der Waals surface area contributed by atoms with Gasteiger partial charge in [-0.25, -0.2) is 0 Å². The van der Waals surface area contributed by atoms with Crippen LogP contribution in [0.2, 0.25) is 0 Å². The van der Waals surface area contributed by atoms with Crippen LogP contribution in [0.25, 0.3) is 0 Å². The van der Waals surface area contributed by atoms with Crippen LogP contribution in [-0.4, -0.2) is 34.8 Å². The number of fused-ring (bicyclic) bond motifs is 3. The van der Waals surface area contributed by atoms with Gasteiger partial charge in [0, 0.05) is 19.4 Å². The summed E-state index contributed by atoms with van der Waals surface area (Å²) in [6, 6.07) is 15.4. The summed E-state index contributed by atoms with van der Waals surface area (Å²) in [4.78, 5) is 42.1. The normalized spacial score (nSPS) is 20.9. The van der Waals surface area contributed by atoms with Crippen LogP contribution in [-0.2, 0) is 9.59 Å². The molecule has 3 amide bonds. The number of anilines is 1. The maximum atomic E-state index is 13.3. The van der Waals surface area contributed by atoms with E-state index in [9.17, 15) is 14.4 Å². The molecule has 1 N–H and O–H groups in total. The van der Waals surface area contributed by atoms with E-state index in [0.29, 0.717) is 30.0 Å². The Morgan fingerprint density at radius 1 is 1.03 bits per heavy atom. The Labute approximate surface area is 189 Å². The summed E-state index contributed by atoms with van der Waals surface area (Å²) in [6.45, 7) is 8.45. The fraction of sp³-hybridized carbons (Fsp3) is 0.423. The second-order valence-corrected chi connectivity index (χ2v) is 9.28. The molecule has 2 heterocycles. The van der Waals surface area contributed by atoms with E-state index in [-0.39, 0.29) is 36.7 Å². The number of carbonyl (C=O) groups excluding carboxylic acids is 3. The molecule has 2 unspecified atom stereocenters. The summed E-state index contributed by atoms with van der Waals surface area (Å²) in [6.07, 6.45) is 1.14. The van der Waals surface area contributed by atoms with Crippen molar-refractivity contribution in [3.63, 3.8) is 0 Å². The molecule has 2 aromatic rings. The first-order chi connectivity index (χ1) is 15.2. The van der Waals surface area contributed by atoms with Crippen LogP contribution in [0.5, 0.6) is 0 Å². The van der Waals surface area contributed by atoms with Crippen molar-refractivity contribution >= 4 is 23.4 Å². The zero-order valence-corrected chi connectivity index (χ0v) is 19.2. The van der Waals surface area contributed by atoms with E-state index >= 15 is 0 Å². The van der Waals surface area contributed by atoms with Gasteiger partial charge in [-0.1, -0.05) is 50.2 Å². The van der Waals surface area contributed by atoms with E-state index in [1.807, 2.05) is 26.0 Å². The lowest BCUT2D eigenvalue weighted by atomic mass is 9.98. The average Bonchev–Trinajstić information content (AvgIpc) is 3.08. The average molecular weight is 434 g/mol. The summed E-state index contributed by atoms with van der Waals surface area (Å²) >= 11 is 0. The van der Waals surface area contributed by atoms with E-state index in [0.717, 1.165) is 5.56 Å². The summed E-state index contributed by atoms with van der Waals surface area (Å²) in [5.41, 5.74) is 2.76. The van der Waals surface area contributed by atoms with Crippen molar-refractivity contribution in [2.45, 2.75) is 64.6 Å². The Hall–Kier alpha value is -3.15. The summed E-state index contributed by atoms with van der Waals surface area (Å²) < 4.78 is 0. The van der Waals surface area contributed by atoms with Gasteiger partial charge >= 0.3 is 0 Å². The van der Waals surface area contributed by atoms with Crippen LogP contribution in [0.1, 0.15) is 80.4 Å². The van der Waals surface area contributed by atoms with Crippen molar-refractivity contribution in [2.75, 3.05) is 11.4 Å². The van der Waals surface area contributed by atoms with Gasteiger partial charge in [-0.05, 0) is 49.4 Å². The maximum Gasteiger partial charge on any atom is 0.257 e. The number of benzene rings is 2. The van der Waals surface area contributed by atoms with Crippen molar-refractivity contribution in [1.82, 2.24) is 10.2 Å². The molecule has 2 aliphatic rings. The Balaban J connectivity index is 1.45. The summed E-state index contributed by atoms with van der Waals surface area (Å²) in [7, 11) is 0. The van der Waals surface area contributed by atoms with E-state index in [2.05, 4.69) is 43.4 Å². The fourth-order valence-electron chi connectivity index (χ4n) is 4.82. The third-order valence-corrected chi connectivity index (χ3v) is 6.79. The maximum absolute atomic E-state index is 13.3. The molecule has 6 heteroatoms. The number of hydrogen-bond donors (Lipinski definition) is 1. The number of rotatable bonds is 6. The molecule has 0 aromatic heterocycles. The molecule has 0 spiro atoms. The van der Waals surface area contributed by atoms with Crippen LogP contribution >= 0.6 is 0 Å². The highest BCUT2D eigenvalue weighted by Crippen LogP contribution is 2.43. The molecule has 0 saturated carbocycles. The number of carbonyl (C=O) groups is 3. The van der Waals surface area contributed by atoms with Crippen LogP contribution in [0.3, 0.4) is 0 Å². The minimum absolute atomic E-state index is 0.0142. The number of para-hydroxylation sites is 1. The van der Waals surface area contributed by atoms with E-state index in [4.69, 9.17) is 0 Å². The molecule has 6 nitrogen and oxygen atoms in total. The minimum atomic E-state index is -0.735. The smallest absolute Gasteiger partial charge is 0.257 e.